The lowest BCUT2D eigenvalue weighted by Gasteiger charge is -2.67. The van der Waals surface area contributed by atoms with Gasteiger partial charge in [0.25, 0.3) is 0 Å². The number of esters is 5. The maximum atomic E-state index is 16.9. The minimum Gasteiger partial charge on any atom is -0.461 e. The lowest BCUT2D eigenvalue weighted by molar-refractivity contribution is -0.346. The molecule has 1 unspecified atom stereocenters. The Balaban J connectivity index is 1.35. The summed E-state index contributed by atoms with van der Waals surface area (Å²) in [6.07, 6.45) is 48.2. The topological polar surface area (TPSA) is 237 Å². The van der Waals surface area contributed by atoms with Gasteiger partial charge in [-0.2, -0.15) is 0 Å². The summed E-state index contributed by atoms with van der Waals surface area (Å²) in [5, 5.41) is 29.2. The van der Waals surface area contributed by atoms with E-state index in [2.05, 4.69) is 129 Å². The van der Waals surface area contributed by atoms with E-state index < -0.39 is 124 Å². The van der Waals surface area contributed by atoms with Crippen molar-refractivity contribution in [3.8, 4) is 0 Å². The van der Waals surface area contributed by atoms with Gasteiger partial charge in [0.2, 0.25) is 0 Å². The Morgan fingerprint density at radius 3 is 1.46 bits per heavy atom. The van der Waals surface area contributed by atoms with E-state index in [4.69, 9.17) is 33.2 Å². The second-order valence-corrected chi connectivity index (χ2v) is 28.4. The molecular weight excluding hydrogens is 1310 g/mol. The highest BCUT2D eigenvalue weighted by atomic mass is 16.6. The second kappa shape index (κ2) is 42.3. The maximum Gasteiger partial charge on any atom is 0.408 e. The van der Waals surface area contributed by atoms with Gasteiger partial charge in [-0.05, 0) is 153 Å². The van der Waals surface area contributed by atoms with Crippen LogP contribution < -0.4 is 5.32 Å². The molecule has 11 atom stereocenters. The second-order valence-electron chi connectivity index (χ2n) is 28.4. The monoisotopic (exact) mass is 1430 g/mol. The number of fused-ring (bicyclic) bond motifs is 5. The van der Waals surface area contributed by atoms with Crippen LogP contribution in [0.1, 0.15) is 207 Å². The van der Waals surface area contributed by atoms with Gasteiger partial charge in [-0.3, -0.25) is 19.2 Å². The van der Waals surface area contributed by atoms with E-state index in [1.54, 1.807) is 90.1 Å². The van der Waals surface area contributed by atoms with Crippen LogP contribution in [-0.2, 0) is 57.1 Å². The molecule has 17 heteroatoms. The molecule has 2 bridgehead atoms. The van der Waals surface area contributed by atoms with E-state index in [0.717, 1.165) is 64.2 Å². The molecule has 562 valence electrons. The van der Waals surface area contributed by atoms with Gasteiger partial charge >= 0.3 is 35.9 Å². The zero-order chi connectivity index (χ0) is 75.6. The SMILES string of the molecule is CC/C=C\C/C=C\C/C=C\C/C=C\C/C=C\C/C=C\CCC(=O)O[C@H]1C(=O)[C@@]2(C)C([C@H](OC(=O)c3ccccc3)[C@]3(O)C[C@H](OC(=O)[C@H](O)[C@@H](NC(=O)OC(C)(C)C)c4ccccc4)C(C)=C1C3(C)C)[C@]1(OC(C)=O)CO[C@@H]1C[C@@H]2OC(=O)CC/C=C\C/C=C\C/C=C\C/C=C\C/C=C\C/C=C\CC. The number of alkyl carbamates (subject to hydrolysis) is 1. The minimum absolute atomic E-state index is 0.0333. The molecule has 0 aromatic heterocycles. The largest absolute Gasteiger partial charge is 0.461 e. The van der Waals surface area contributed by atoms with Crippen LogP contribution in [0, 0.1) is 16.7 Å². The van der Waals surface area contributed by atoms with Crippen molar-refractivity contribution in [3.05, 3.63) is 229 Å². The third kappa shape index (κ3) is 24.1. The van der Waals surface area contributed by atoms with Crippen LogP contribution in [0.3, 0.4) is 0 Å². The third-order valence-corrected chi connectivity index (χ3v) is 19.3. The van der Waals surface area contributed by atoms with Crippen LogP contribution in [0.5, 0.6) is 0 Å². The molecule has 1 saturated heterocycles. The van der Waals surface area contributed by atoms with Gasteiger partial charge in [-0.25, -0.2) is 14.4 Å². The summed E-state index contributed by atoms with van der Waals surface area (Å²) in [5.41, 5.74) is -8.91. The highest BCUT2D eigenvalue weighted by Crippen LogP contribution is 2.65. The summed E-state index contributed by atoms with van der Waals surface area (Å²) in [6.45, 7) is 16.2. The van der Waals surface area contributed by atoms with Gasteiger partial charge in [0.1, 0.15) is 35.6 Å². The number of allylic oxidation sites excluding steroid dienone is 24. The zero-order valence-electron chi connectivity index (χ0n) is 62.8. The quantitative estimate of drug-likeness (QED) is 0.0322. The van der Waals surface area contributed by atoms with E-state index in [-0.39, 0.29) is 55.4 Å². The normalized spacial score (nSPS) is 24.9. The standard InChI is InChI=1S/C87H113NO16/c1-11-13-15-17-19-21-23-25-27-29-31-33-35-37-39-41-43-45-53-59-71(90)100-69-61-70-86(63-98-70,103-65(4)89)77-79(102-80(94)67-57-51-48-52-58-67)87(97)62-68(99-81(95)75(92)74(66-55-49-47-50-56-66)88-82(96)104-83(5,6)7)64(3)73(84(87,8)9)76(78(93)85(69,77)10)101-72(91)60-54-46-44-42-40-38-36-34-32-30-28-26-24-22-20-18-16-14-12-2/h13-16,19-22,25-28,31-34,37-40,43-52,55-58,68-70,74-77,79,92,97H,11-12,17-18,23-24,29-30,35-36,41-42,53-54,59-63H2,1-10H3,(H,88,96)/b15-13-,16-14-,21-19-,22-20-,27-25-,28-26-,33-31-,34-32-,39-37-,40-38-,45-43-,46-44-/t68-,69-,70+,74-,75+,76+,77?,79-,85+,86-,87+/m0/s1. The molecular formula is C87H113NO16. The predicted molar refractivity (Wildman–Crippen MR) is 406 cm³/mol. The Kier molecular flexibility index (Phi) is 34.2. The number of carbonyl (C=O) groups excluding carboxylic acids is 7. The van der Waals surface area contributed by atoms with Crippen LogP contribution in [0.15, 0.2) is 218 Å². The maximum absolute atomic E-state index is 16.9. The van der Waals surface area contributed by atoms with Gasteiger partial charge in [-0.15, -0.1) is 0 Å². The van der Waals surface area contributed by atoms with Crippen molar-refractivity contribution in [1.29, 1.82) is 0 Å². The van der Waals surface area contributed by atoms with Crippen molar-refractivity contribution >= 4 is 41.7 Å². The Hall–Kier alpha value is -8.77. The molecule has 1 aliphatic heterocycles. The number of rotatable bonds is 38. The smallest absolute Gasteiger partial charge is 0.408 e. The molecule has 2 saturated carbocycles. The van der Waals surface area contributed by atoms with E-state index in [1.807, 2.05) is 36.5 Å². The van der Waals surface area contributed by atoms with Gasteiger partial charge in [-0.1, -0.05) is 222 Å². The van der Waals surface area contributed by atoms with Crippen molar-refractivity contribution < 1.29 is 76.9 Å². The molecule has 3 fully saturated rings. The number of ether oxygens (including phenoxy) is 7. The number of amides is 1. The Bertz CT molecular complexity index is 3550. The Morgan fingerprint density at radius 1 is 0.606 bits per heavy atom. The van der Waals surface area contributed by atoms with E-state index in [9.17, 15) is 34.2 Å². The summed E-state index contributed by atoms with van der Waals surface area (Å²) in [5.74, 6) is -7.13. The molecule has 2 aromatic carbocycles. The first kappa shape index (κ1) is 84.2. The molecule has 2 aromatic rings. The molecule has 17 nitrogen and oxygen atoms in total. The minimum atomic E-state index is -2.52. The van der Waals surface area contributed by atoms with Gasteiger partial charge in [0.15, 0.2) is 23.6 Å². The summed E-state index contributed by atoms with van der Waals surface area (Å²) in [7, 11) is 0. The third-order valence-electron chi connectivity index (χ3n) is 19.3. The fourth-order valence-electron chi connectivity index (χ4n) is 13.9. The van der Waals surface area contributed by atoms with Gasteiger partial charge in [0, 0.05) is 38.0 Å². The summed E-state index contributed by atoms with van der Waals surface area (Å²) in [4.78, 5) is 103. The molecule has 4 aliphatic rings. The van der Waals surface area contributed by atoms with Crippen LogP contribution in [0.2, 0.25) is 0 Å². The molecule has 0 radical (unpaired) electrons. The predicted octanol–water partition coefficient (Wildman–Crippen LogP) is 17.3. The van der Waals surface area contributed by atoms with Crippen molar-refractivity contribution in [2.75, 3.05) is 6.61 Å². The Morgan fingerprint density at radius 2 is 1.04 bits per heavy atom. The van der Waals surface area contributed by atoms with Crippen molar-refractivity contribution in [2.24, 2.45) is 16.7 Å². The molecule has 3 N–H and O–H groups in total. The molecule has 1 heterocycles. The molecule has 0 spiro atoms. The first-order valence-electron chi connectivity index (χ1n) is 37.0. The lowest BCUT2D eigenvalue weighted by Crippen LogP contribution is -2.82. The average molecular weight is 1430 g/mol. The van der Waals surface area contributed by atoms with Crippen LogP contribution in [-0.4, -0.2) is 112 Å². The first-order chi connectivity index (χ1) is 49.9. The number of hydrogen-bond acceptors (Lipinski definition) is 16. The van der Waals surface area contributed by atoms with E-state index >= 15 is 9.59 Å². The van der Waals surface area contributed by atoms with E-state index in [0.29, 0.717) is 18.4 Å². The lowest BCUT2D eigenvalue weighted by atomic mass is 9.44. The van der Waals surface area contributed by atoms with Gasteiger partial charge < -0.3 is 48.7 Å². The number of carbonyl (C=O) groups is 7. The van der Waals surface area contributed by atoms with Crippen molar-refractivity contribution in [3.63, 3.8) is 0 Å². The zero-order valence-corrected chi connectivity index (χ0v) is 62.8. The number of Topliss-reactive ketones (excluding diaryl/α,β-unsaturated/α-hetero) is 1. The molecule has 1 amide bonds. The van der Waals surface area contributed by atoms with Crippen molar-refractivity contribution in [1.82, 2.24) is 5.32 Å². The van der Waals surface area contributed by atoms with Crippen LogP contribution in [0.25, 0.3) is 0 Å². The van der Waals surface area contributed by atoms with Crippen LogP contribution in [0.4, 0.5) is 4.79 Å². The van der Waals surface area contributed by atoms with Crippen LogP contribution >= 0.6 is 0 Å². The molecule has 104 heavy (non-hydrogen) atoms. The number of aliphatic hydroxyl groups excluding tert-OH is 1. The van der Waals surface area contributed by atoms with Crippen molar-refractivity contribution in [2.45, 2.75) is 244 Å². The summed E-state index contributed by atoms with van der Waals surface area (Å²) < 4.78 is 44.3. The Labute approximate surface area is 617 Å². The molecule has 3 aliphatic carbocycles. The highest BCUT2D eigenvalue weighted by Gasteiger charge is 2.79. The summed E-state index contributed by atoms with van der Waals surface area (Å²) in [6, 6.07) is 14.6. The molecule has 6 rings (SSSR count). The fourth-order valence-corrected chi connectivity index (χ4v) is 13.9. The fraction of sp³-hybridized carbons (Fsp3) is 0.483. The highest BCUT2D eigenvalue weighted by molar-refractivity contribution is 5.96. The number of benzene rings is 2. The summed E-state index contributed by atoms with van der Waals surface area (Å²) >= 11 is 0. The van der Waals surface area contributed by atoms with E-state index in [1.165, 1.54) is 26.0 Å². The van der Waals surface area contributed by atoms with Gasteiger partial charge in [0.05, 0.1) is 29.5 Å². The number of nitrogens with one attached hydrogen (secondary N) is 1. The number of hydrogen-bond donors (Lipinski definition) is 3. The number of ketones is 1. The first-order valence-corrected chi connectivity index (χ1v) is 37.0. The number of aliphatic hydroxyl groups is 2. The average Bonchev–Trinajstić information content (AvgIpc) is 0.668.